The van der Waals surface area contributed by atoms with Gasteiger partial charge in [0.05, 0.1) is 19.3 Å². The van der Waals surface area contributed by atoms with Gasteiger partial charge in [-0.15, -0.1) is 0 Å². The molecule has 0 spiro atoms. The molecule has 16 heavy (non-hydrogen) atoms. The van der Waals surface area contributed by atoms with Crippen LogP contribution in [-0.4, -0.2) is 55.8 Å². The summed E-state index contributed by atoms with van der Waals surface area (Å²) in [6, 6.07) is 0. The normalized spacial score (nSPS) is 45.9. The fraction of sp³-hybridized carbons (Fsp3) is 1.00. The summed E-state index contributed by atoms with van der Waals surface area (Å²) in [4.78, 5) is 9.29. The van der Waals surface area contributed by atoms with Crippen LogP contribution in [0.15, 0.2) is 0 Å². The van der Waals surface area contributed by atoms with Crippen molar-refractivity contribution in [3.8, 4) is 0 Å². The molecule has 0 aromatic heterocycles. The highest BCUT2D eigenvalue weighted by molar-refractivity contribution is 7.51. The number of ether oxygens (including phenoxy) is 3. The van der Waals surface area contributed by atoms with Crippen molar-refractivity contribution in [1.82, 2.24) is 0 Å². The van der Waals surface area contributed by atoms with Gasteiger partial charge < -0.3 is 19.1 Å². The summed E-state index contributed by atoms with van der Waals surface area (Å²) in [5, 5.41) is 0. The summed E-state index contributed by atoms with van der Waals surface area (Å²) in [6.45, 7) is 3.64. The molecule has 2 saturated heterocycles. The van der Waals surface area contributed by atoms with Crippen molar-refractivity contribution in [1.29, 1.82) is 0 Å². The maximum absolute atomic E-state index is 11.3. The Bertz CT molecular complexity index is 315. The van der Waals surface area contributed by atoms with E-state index in [1.165, 1.54) is 0 Å². The monoisotopic (exact) mass is 252 g/mol. The summed E-state index contributed by atoms with van der Waals surface area (Å²) in [7, 11) is -2.01. The summed E-state index contributed by atoms with van der Waals surface area (Å²) in [5.41, 5.74) is -0.743. The molecule has 0 saturated carbocycles. The number of hydrogen-bond donors (Lipinski definition) is 1. The fourth-order valence-corrected chi connectivity index (χ4v) is 3.13. The quantitative estimate of drug-likeness (QED) is 0.729. The Morgan fingerprint density at radius 1 is 1.62 bits per heavy atom. The van der Waals surface area contributed by atoms with E-state index in [4.69, 9.17) is 18.7 Å². The van der Waals surface area contributed by atoms with Crippen LogP contribution >= 0.6 is 7.60 Å². The Kier molecular flexibility index (Phi) is 3.16. The van der Waals surface area contributed by atoms with Gasteiger partial charge in [-0.25, -0.2) is 0 Å². The number of fused-ring (bicyclic) bond motifs is 2. The highest BCUT2D eigenvalue weighted by atomic mass is 31.2. The highest BCUT2D eigenvalue weighted by Gasteiger charge is 2.62. The Hall–Kier alpha value is 0.0300. The van der Waals surface area contributed by atoms with E-state index in [9.17, 15) is 9.46 Å². The molecule has 2 bridgehead atoms. The van der Waals surface area contributed by atoms with Gasteiger partial charge in [0.1, 0.15) is 17.8 Å². The lowest BCUT2D eigenvalue weighted by Gasteiger charge is -2.29. The topological polar surface area (TPSA) is 74.2 Å². The van der Waals surface area contributed by atoms with Gasteiger partial charge >= 0.3 is 7.60 Å². The van der Waals surface area contributed by atoms with Crippen molar-refractivity contribution >= 4 is 7.60 Å². The number of rotatable bonds is 4. The third kappa shape index (κ3) is 2.06. The third-order valence-corrected chi connectivity index (χ3v) is 3.54. The molecule has 2 unspecified atom stereocenters. The molecule has 5 atom stereocenters. The van der Waals surface area contributed by atoms with Crippen molar-refractivity contribution in [2.45, 2.75) is 30.8 Å². The Balaban J connectivity index is 2.19. The van der Waals surface area contributed by atoms with E-state index in [0.29, 0.717) is 13.2 Å². The summed E-state index contributed by atoms with van der Waals surface area (Å²) < 4.78 is 32.9. The van der Waals surface area contributed by atoms with E-state index >= 15 is 0 Å². The zero-order valence-corrected chi connectivity index (χ0v) is 10.5. The van der Waals surface area contributed by atoms with Crippen molar-refractivity contribution in [2.75, 3.05) is 27.0 Å². The zero-order valence-electron chi connectivity index (χ0n) is 9.58. The predicted octanol–water partition coefficient (Wildman–Crippen LogP) is 0.389. The summed E-state index contributed by atoms with van der Waals surface area (Å²) >= 11 is 0. The molecule has 6 nitrogen and oxygen atoms in total. The Morgan fingerprint density at radius 2 is 2.31 bits per heavy atom. The molecule has 1 N–H and O–H groups in total. The second-order valence-corrected chi connectivity index (χ2v) is 6.24. The maximum Gasteiger partial charge on any atom is 0.325 e. The van der Waals surface area contributed by atoms with E-state index < -0.39 is 19.3 Å². The second-order valence-electron chi connectivity index (χ2n) is 4.43. The van der Waals surface area contributed by atoms with Gasteiger partial charge in [-0.05, 0) is 6.92 Å². The first-order chi connectivity index (χ1) is 7.38. The zero-order chi connectivity index (χ0) is 12.0. The molecule has 0 radical (unpaired) electrons. The SMILES string of the molecule is COC[C@@]12COC([C@H](C)O1)[C@H]2OP(C)(=O)O. The largest absolute Gasteiger partial charge is 0.381 e. The number of methoxy groups -OCH3 is 1. The Morgan fingerprint density at radius 3 is 2.81 bits per heavy atom. The van der Waals surface area contributed by atoms with Gasteiger partial charge in [0.15, 0.2) is 0 Å². The molecule has 2 heterocycles. The first kappa shape index (κ1) is 12.5. The number of hydrogen-bond acceptors (Lipinski definition) is 5. The molecule has 94 valence electrons. The average molecular weight is 252 g/mol. The van der Waals surface area contributed by atoms with Gasteiger partial charge in [-0.1, -0.05) is 0 Å². The standard InChI is InChI=1S/C9H17O6P/c1-6-7-8(15-16(3,10)11)9(14-6,4-12-2)5-13-7/h6-8H,4-5H2,1-3H3,(H,10,11)/t6-,7?,8+,9-/m0/s1. The van der Waals surface area contributed by atoms with Crippen LogP contribution in [0.3, 0.4) is 0 Å². The van der Waals surface area contributed by atoms with Gasteiger partial charge in [0, 0.05) is 13.8 Å². The molecular formula is C9H17O6P. The molecule has 7 heteroatoms. The molecule has 0 aromatic carbocycles. The molecule has 0 aliphatic carbocycles. The molecular weight excluding hydrogens is 235 g/mol. The molecule has 0 amide bonds. The summed E-state index contributed by atoms with van der Waals surface area (Å²) in [5.74, 6) is 0. The molecule has 2 aliphatic heterocycles. The van der Waals surface area contributed by atoms with Crippen LogP contribution in [-0.2, 0) is 23.3 Å². The van der Waals surface area contributed by atoms with Gasteiger partial charge in [0.2, 0.25) is 0 Å². The van der Waals surface area contributed by atoms with E-state index in [-0.39, 0.29) is 12.2 Å². The van der Waals surface area contributed by atoms with Crippen molar-refractivity contribution in [2.24, 2.45) is 0 Å². The van der Waals surface area contributed by atoms with Crippen LogP contribution in [0.25, 0.3) is 0 Å². The van der Waals surface area contributed by atoms with Crippen LogP contribution in [0, 0.1) is 0 Å². The van der Waals surface area contributed by atoms with Crippen LogP contribution < -0.4 is 0 Å². The van der Waals surface area contributed by atoms with Crippen molar-refractivity contribution < 1.29 is 28.2 Å². The minimum atomic E-state index is -3.56. The van der Waals surface area contributed by atoms with E-state index in [2.05, 4.69) is 0 Å². The minimum absolute atomic E-state index is 0.152. The molecule has 2 rings (SSSR count). The molecule has 2 aliphatic rings. The van der Waals surface area contributed by atoms with Gasteiger partial charge in [-0.2, -0.15) is 0 Å². The average Bonchev–Trinajstić information content (AvgIpc) is 2.54. The van der Waals surface area contributed by atoms with E-state index in [1.807, 2.05) is 6.92 Å². The smallest absolute Gasteiger partial charge is 0.325 e. The lowest BCUT2D eigenvalue weighted by atomic mass is 10.00. The molecule has 0 aromatic rings. The molecule has 2 fully saturated rings. The lowest BCUT2D eigenvalue weighted by Crippen LogP contribution is -2.45. The van der Waals surface area contributed by atoms with Crippen molar-refractivity contribution in [3.63, 3.8) is 0 Å². The van der Waals surface area contributed by atoms with Crippen LogP contribution in [0.2, 0.25) is 0 Å². The fourth-order valence-electron chi connectivity index (χ4n) is 2.40. The van der Waals surface area contributed by atoms with Crippen LogP contribution in [0.5, 0.6) is 0 Å². The first-order valence-corrected chi connectivity index (χ1v) is 7.17. The minimum Gasteiger partial charge on any atom is -0.381 e. The van der Waals surface area contributed by atoms with Gasteiger partial charge in [0.25, 0.3) is 0 Å². The predicted molar refractivity (Wildman–Crippen MR) is 55.5 cm³/mol. The third-order valence-electron chi connectivity index (χ3n) is 2.92. The summed E-state index contributed by atoms with van der Waals surface area (Å²) in [6.07, 6.45) is -0.987. The van der Waals surface area contributed by atoms with Crippen LogP contribution in [0.4, 0.5) is 0 Å². The van der Waals surface area contributed by atoms with E-state index in [0.717, 1.165) is 6.66 Å². The van der Waals surface area contributed by atoms with Crippen molar-refractivity contribution in [3.05, 3.63) is 0 Å². The van der Waals surface area contributed by atoms with Gasteiger partial charge in [-0.3, -0.25) is 9.09 Å². The van der Waals surface area contributed by atoms with Crippen LogP contribution in [0.1, 0.15) is 6.92 Å². The highest BCUT2D eigenvalue weighted by Crippen LogP contribution is 2.49. The Labute approximate surface area is 94.4 Å². The lowest BCUT2D eigenvalue weighted by molar-refractivity contribution is -0.158. The first-order valence-electron chi connectivity index (χ1n) is 5.15. The second kappa shape index (κ2) is 4.05. The van der Waals surface area contributed by atoms with E-state index in [1.54, 1.807) is 7.11 Å². The maximum atomic E-state index is 11.3.